The van der Waals surface area contributed by atoms with Crippen LogP contribution in [0.1, 0.15) is 35.7 Å². The molecular weight excluding hydrogens is 162 g/mol. The van der Waals surface area contributed by atoms with Gasteiger partial charge < -0.3 is 0 Å². The summed E-state index contributed by atoms with van der Waals surface area (Å²) in [7, 11) is 0. The van der Waals surface area contributed by atoms with E-state index in [2.05, 4.69) is 6.92 Å². The summed E-state index contributed by atoms with van der Waals surface area (Å²) in [6.45, 7) is 2.12. The Bertz CT molecular complexity index is 294. The third-order valence-corrected chi connectivity index (χ3v) is 2.06. The first-order valence-electron chi connectivity index (χ1n) is 4.59. The average Bonchev–Trinajstić information content (AvgIpc) is 2.15. The molecule has 0 fully saturated rings. The molecule has 1 aromatic rings. The Kier molecular flexibility index (Phi) is 3.50. The number of hydrogen-bond acceptors (Lipinski definition) is 1. The number of unbranched alkanes of at least 4 members (excludes halogenated alkanes) is 1. The number of nitrogens with one attached hydrogen (secondary N) is 1. The Morgan fingerprint density at radius 1 is 1.38 bits per heavy atom. The van der Waals surface area contributed by atoms with Gasteiger partial charge in [-0.15, -0.1) is 0 Å². The Morgan fingerprint density at radius 3 is 2.69 bits per heavy atom. The molecule has 0 aliphatic heterocycles. The van der Waals surface area contributed by atoms with E-state index in [0.717, 1.165) is 24.8 Å². The number of benzene rings is 1. The monoisotopic (exact) mass is 176 g/mol. The summed E-state index contributed by atoms with van der Waals surface area (Å²) in [4.78, 5) is 10.9. The molecule has 0 spiro atoms. The van der Waals surface area contributed by atoms with E-state index in [1.165, 1.54) is 0 Å². The van der Waals surface area contributed by atoms with Crippen LogP contribution in [0.5, 0.6) is 0 Å². The van der Waals surface area contributed by atoms with Crippen molar-refractivity contribution >= 4 is 5.91 Å². The van der Waals surface area contributed by atoms with Crippen LogP contribution in [0, 0.1) is 0 Å². The molecule has 0 saturated heterocycles. The molecule has 1 aromatic carbocycles. The van der Waals surface area contributed by atoms with Crippen LogP contribution in [0.3, 0.4) is 0 Å². The zero-order chi connectivity index (χ0) is 9.68. The zero-order valence-corrected chi connectivity index (χ0v) is 7.84. The average molecular weight is 176 g/mol. The van der Waals surface area contributed by atoms with Crippen LogP contribution < -0.4 is 5.73 Å². The van der Waals surface area contributed by atoms with Crippen molar-refractivity contribution < 1.29 is 4.79 Å². The van der Waals surface area contributed by atoms with Crippen molar-refractivity contribution in [3.8, 4) is 0 Å². The number of carbonyl (C=O) groups excluding carboxylic acids is 1. The molecular formula is C11H14NO. The molecule has 0 aromatic heterocycles. The SMILES string of the molecule is CCCCc1ccccc1C([NH])=O. The molecule has 1 rings (SSSR count). The van der Waals surface area contributed by atoms with Crippen LogP contribution >= 0.6 is 0 Å². The first-order valence-corrected chi connectivity index (χ1v) is 4.59. The Balaban J connectivity index is 2.84. The lowest BCUT2D eigenvalue weighted by Crippen LogP contribution is -2.03. The fraction of sp³-hybridized carbons (Fsp3) is 0.364. The Morgan fingerprint density at radius 2 is 2.08 bits per heavy atom. The van der Waals surface area contributed by atoms with E-state index >= 15 is 0 Å². The van der Waals surface area contributed by atoms with Gasteiger partial charge in [0.25, 0.3) is 5.91 Å². The lowest BCUT2D eigenvalue weighted by atomic mass is 10.0. The summed E-state index contributed by atoms with van der Waals surface area (Å²) in [5.74, 6) is -0.577. The summed E-state index contributed by atoms with van der Waals surface area (Å²) in [5, 5.41) is 0. The normalized spacial score (nSPS) is 9.92. The predicted molar refractivity (Wildman–Crippen MR) is 52.5 cm³/mol. The van der Waals surface area contributed by atoms with Crippen molar-refractivity contribution in [3.05, 3.63) is 35.4 Å². The molecule has 1 radical (unpaired) electrons. The van der Waals surface area contributed by atoms with Gasteiger partial charge in [-0.25, -0.2) is 0 Å². The molecule has 13 heavy (non-hydrogen) atoms. The highest BCUT2D eigenvalue weighted by Crippen LogP contribution is 2.11. The van der Waals surface area contributed by atoms with Crippen molar-refractivity contribution in [1.82, 2.24) is 5.73 Å². The quantitative estimate of drug-likeness (QED) is 0.694. The maximum absolute atomic E-state index is 10.9. The second kappa shape index (κ2) is 4.65. The van der Waals surface area contributed by atoms with Crippen molar-refractivity contribution in [2.45, 2.75) is 26.2 Å². The van der Waals surface area contributed by atoms with Crippen LogP contribution in [0.15, 0.2) is 24.3 Å². The topological polar surface area (TPSA) is 40.9 Å². The van der Waals surface area contributed by atoms with Crippen molar-refractivity contribution in [3.63, 3.8) is 0 Å². The second-order valence-corrected chi connectivity index (χ2v) is 3.09. The standard InChI is InChI=1S/C11H14NO/c1-2-3-6-9-7-4-5-8-10(9)11(12)13/h4-5,7-8,12H,2-3,6H2,1H3. The lowest BCUT2D eigenvalue weighted by Gasteiger charge is -2.03. The van der Waals surface area contributed by atoms with E-state index in [0.29, 0.717) is 5.56 Å². The highest BCUT2D eigenvalue weighted by atomic mass is 16.1. The van der Waals surface area contributed by atoms with Gasteiger partial charge in [-0.05, 0) is 24.5 Å². The molecule has 69 valence electrons. The minimum Gasteiger partial charge on any atom is -0.267 e. The molecule has 0 atom stereocenters. The molecule has 2 nitrogen and oxygen atoms in total. The van der Waals surface area contributed by atoms with Gasteiger partial charge in [0.05, 0.1) is 0 Å². The van der Waals surface area contributed by atoms with Gasteiger partial charge >= 0.3 is 0 Å². The molecule has 0 saturated carbocycles. The molecule has 0 aliphatic rings. The number of rotatable bonds is 4. The highest BCUT2D eigenvalue weighted by Gasteiger charge is 2.06. The van der Waals surface area contributed by atoms with Crippen LogP contribution in [0.2, 0.25) is 0 Å². The maximum Gasteiger partial charge on any atom is 0.269 e. The molecule has 0 bridgehead atoms. The van der Waals surface area contributed by atoms with E-state index in [1.807, 2.05) is 12.1 Å². The van der Waals surface area contributed by atoms with Crippen molar-refractivity contribution in [1.29, 1.82) is 0 Å². The van der Waals surface area contributed by atoms with Gasteiger partial charge in [-0.2, -0.15) is 0 Å². The van der Waals surface area contributed by atoms with Gasteiger partial charge in [0.1, 0.15) is 0 Å². The third-order valence-electron chi connectivity index (χ3n) is 2.06. The summed E-state index contributed by atoms with van der Waals surface area (Å²) < 4.78 is 0. The lowest BCUT2D eigenvalue weighted by molar-refractivity contribution is 0.0991. The fourth-order valence-corrected chi connectivity index (χ4v) is 1.33. The molecule has 0 unspecified atom stereocenters. The summed E-state index contributed by atoms with van der Waals surface area (Å²) >= 11 is 0. The number of hydrogen-bond donors (Lipinski definition) is 0. The molecule has 1 N–H and O–H groups in total. The smallest absolute Gasteiger partial charge is 0.267 e. The van der Waals surface area contributed by atoms with E-state index in [9.17, 15) is 4.79 Å². The van der Waals surface area contributed by atoms with Gasteiger partial charge in [-0.1, -0.05) is 31.5 Å². The predicted octanol–water partition coefficient (Wildman–Crippen LogP) is 2.45. The Hall–Kier alpha value is -1.31. The largest absolute Gasteiger partial charge is 0.269 e. The second-order valence-electron chi connectivity index (χ2n) is 3.09. The van der Waals surface area contributed by atoms with Gasteiger partial charge in [-0.3, -0.25) is 10.5 Å². The molecule has 2 heteroatoms. The van der Waals surface area contributed by atoms with Gasteiger partial charge in [0.2, 0.25) is 0 Å². The molecule has 1 amide bonds. The maximum atomic E-state index is 10.9. The van der Waals surface area contributed by atoms with Crippen molar-refractivity contribution in [2.24, 2.45) is 0 Å². The van der Waals surface area contributed by atoms with Crippen LogP contribution in [0.25, 0.3) is 0 Å². The van der Waals surface area contributed by atoms with Gasteiger partial charge in [0.15, 0.2) is 0 Å². The first-order chi connectivity index (χ1) is 6.25. The van der Waals surface area contributed by atoms with Crippen LogP contribution in [-0.2, 0) is 6.42 Å². The third kappa shape index (κ3) is 2.58. The summed E-state index contributed by atoms with van der Waals surface area (Å²) in [6.07, 6.45) is 3.09. The van der Waals surface area contributed by atoms with E-state index in [4.69, 9.17) is 5.73 Å². The zero-order valence-electron chi connectivity index (χ0n) is 7.84. The van der Waals surface area contributed by atoms with Crippen LogP contribution in [0.4, 0.5) is 0 Å². The molecule has 0 aliphatic carbocycles. The number of carbonyl (C=O) groups is 1. The highest BCUT2D eigenvalue weighted by molar-refractivity contribution is 5.93. The van der Waals surface area contributed by atoms with E-state index < -0.39 is 5.91 Å². The van der Waals surface area contributed by atoms with Gasteiger partial charge in [0, 0.05) is 5.56 Å². The Labute approximate surface area is 78.8 Å². The fourth-order valence-electron chi connectivity index (χ4n) is 1.33. The van der Waals surface area contributed by atoms with Crippen molar-refractivity contribution in [2.75, 3.05) is 0 Å². The summed E-state index contributed by atoms with van der Waals surface area (Å²) in [6, 6.07) is 7.37. The first kappa shape index (κ1) is 9.78. The minimum absolute atomic E-state index is 0.552. The van der Waals surface area contributed by atoms with E-state index in [1.54, 1.807) is 12.1 Å². The number of amides is 1. The molecule has 0 heterocycles. The van der Waals surface area contributed by atoms with Crippen LogP contribution in [-0.4, -0.2) is 5.91 Å². The summed E-state index contributed by atoms with van der Waals surface area (Å²) in [5.41, 5.74) is 8.61. The minimum atomic E-state index is -0.577. The van der Waals surface area contributed by atoms with E-state index in [-0.39, 0.29) is 0 Å². The number of aryl methyl sites for hydroxylation is 1.